The van der Waals surface area contributed by atoms with Crippen molar-refractivity contribution >= 4 is 44.3 Å². The van der Waals surface area contributed by atoms with Gasteiger partial charge in [-0.25, -0.2) is 4.21 Å². The van der Waals surface area contributed by atoms with E-state index in [2.05, 4.69) is 4.36 Å². The van der Waals surface area contributed by atoms with E-state index in [1.165, 1.54) is 13.2 Å². The highest BCUT2D eigenvalue weighted by molar-refractivity contribution is 7.93. The van der Waals surface area contributed by atoms with Crippen LogP contribution < -0.4 is 4.74 Å². The summed E-state index contributed by atoms with van der Waals surface area (Å²) in [5, 5.41) is 10.7. The molecule has 0 aromatic heterocycles. The van der Waals surface area contributed by atoms with Gasteiger partial charge in [0, 0.05) is 29.9 Å². The minimum atomic E-state index is -2.47. The van der Waals surface area contributed by atoms with Crippen molar-refractivity contribution in [3.05, 3.63) is 28.3 Å². The molecule has 1 saturated heterocycles. The number of rotatable bonds is 3. The first kappa shape index (κ1) is 20.9. The molecule has 2 aliphatic rings. The van der Waals surface area contributed by atoms with Crippen LogP contribution in [-0.2, 0) is 19.3 Å². The number of benzene rings is 1. The fraction of sp³-hybridized carbons (Fsp3) is 0.500. The molecule has 0 atom stereocenters. The third-order valence-corrected chi connectivity index (χ3v) is 7.85. The van der Waals surface area contributed by atoms with Crippen molar-refractivity contribution in [1.82, 2.24) is 0 Å². The van der Waals surface area contributed by atoms with E-state index < -0.39 is 27.1 Å². The fourth-order valence-corrected chi connectivity index (χ4v) is 6.18. The van der Waals surface area contributed by atoms with Gasteiger partial charge in [0.15, 0.2) is 11.6 Å². The van der Waals surface area contributed by atoms with Crippen molar-refractivity contribution in [2.24, 2.45) is 10.3 Å². The lowest BCUT2D eigenvalue weighted by Crippen LogP contribution is -2.25. The zero-order valence-corrected chi connectivity index (χ0v) is 17.6. The van der Waals surface area contributed by atoms with Crippen LogP contribution in [0.1, 0.15) is 44.6 Å². The number of carbonyl (C=O) groups is 2. The largest absolute Gasteiger partial charge is 0.506 e. The fourth-order valence-electron chi connectivity index (χ4n) is 3.63. The number of nitrogens with zero attached hydrogens (tertiary/aromatic N) is 1. The quantitative estimate of drug-likeness (QED) is 0.438. The molecule has 3 rings (SSSR count). The third-order valence-electron chi connectivity index (χ3n) is 5.10. The first-order valence-electron chi connectivity index (χ1n) is 9.35. The van der Waals surface area contributed by atoms with Gasteiger partial charge >= 0.3 is 0 Å². The Bertz CT molecular complexity index is 943. The molecular formula is C20H24ClNO5S. The van der Waals surface area contributed by atoms with Gasteiger partial charge in [-0.1, -0.05) is 24.9 Å². The summed E-state index contributed by atoms with van der Waals surface area (Å²) in [5.41, 5.74) is 0.0778. The zero-order valence-electron chi connectivity index (χ0n) is 16.0. The summed E-state index contributed by atoms with van der Waals surface area (Å²) >= 11 is 6.50. The van der Waals surface area contributed by atoms with Gasteiger partial charge in [-0.15, -0.1) is 0 Å². The van der Waals surface area contributed by atoms with Crippen LogP contribution >= 0.6 is 11.6 Å². The Hall–Kier alpha value is -1.86. The number of ether oxygens (including phenoxy) is 1. The van der Waals surface area contributed by atoms with Gasteiger partial charge in [0.25, 0.3) is 0 Å². The Labute approximate surface area is 170 Å². The molecule has 0 spiro atoms. The van der Waals surface area contributed by atoms with Crippen LogP contribution in [0.2, 0.25) is 5.02 Å². The van der Waals surface area contributed by atoms with E-state index in [1.807, 2.05) is 6.92 Å². The molecule has 1 heterocycles. The van der Waals surface area contributed by atoms with E-state index in [0.717, 1.165) is 19.3 Å². The van der Waals surface area contributed by atoms with E-state index in [9.17, 15) is 18.9 Å². The zero-order chi connectivity index (χ0) is 20.5. The van der Waals surface area contributed by atoms with Crippen LogP contribution in [0, 0.1) is 5.92 Å². The van der Waals surface area contributed by atoms with Crippen molar-refractivity contribution in [1.29, 1.82) is 0 Å². The highest BCUT2D eigenvalue weighted by Gasteiger charge is 2.32. The maximum Gasteiger partial charge on any atom is 0.170 e. The van der Waals surface area contributed by atoms with Gasteiger partial charge in [-0.3, -0.25) is 9.59 Å². The minimum absolute atomic E-state index is 0.0249. The monoisotopic (exact) mass is 425 g/mol. The van der Waals surface area contributed by atoms with Crippen molar-refractivity contribution in [3.63, 3.8) is 0 Å². The molecule has 8 heteroatoms. The Morgan fingerprint density at radius 1 is 1.18 bits per heavy atom. The number of halogens is 1. The maximum absolute atomic E-state index is 13.1. The third kappa shape index (κ3) is 4.10. The molecule has 0 bridgehead atoms. The van der Waals surface area contributed by atoms with Crippen LogP contribution in [0.5, 0.6) is 5.75 Å². The second kappa shape index (κ2) is 8.25. The molecular weight excluding hydrogens is 402 g/mol. The Morgan fingerprint density at radius 2 is 1.79 bits per heavy atom. The van der Waals surface area contributed by atoms with Gasteiger partial charge in [-0.2, -0.15) is 4.36 Å². The smallest absolute Gasteiger partial charge is 0.170 e. The second-order valence-electron chi connectivity index (χ2n) is 7.39. The number of hydrogen-bond donors (Lipinski definition) is 1. The molecule has 0 unspecified atom stereocenters. The molecule has 0 amide bonds. The van der Waals surface area contributed by atoms with Gasteiger partial charge in [0.2, 0.25) is 0 Å². The standard InChI is InChI=1S/C20H24ClNO5S/c1-12-10-14(23)17(15(24)11-12)20(25)13-6-7-16(27-2)19(18(13)21)22-28(26)8-4-3-5-9-28/h6-7,12,25H,3-5,8-11H2,1-2H3. The van der Waals surface area contributed by atoms with Crippen LogP contribution in [0.4, 0.5) is 5.69 Å². The molecule has 1 aromatic carbocycles. The van der Waals surface area contributed by atoms with E-state index in [4.69, 9.17) is 16.3 Å². The molecule has 0 radical (unpaired) electrons. The minimum Gasteiger partial charge on any atom is -0.506 e. The summed E-state index contributed by atoms with van der Waals surface area (Å²) in [7, 11) is -1.02. The SMILES string of the molecule is COc1ccc(C(O)=C2C(=O)CC(C)CC2=O)c(Cl)c1N=S1(=O)CCCCC1. The lowest BCUT2D eigenvalue weighted by Gasteiger charge is -2.20. The number of aliphatic hydroxyl groups excluding tert-OH is 1. The predicted molar refractivity (Wildman–Crippen MR) is 110 cm³/mol. The summed E-state index contributed by atoms with van der Waals surface area (Å²) in [6.07, 6.45) is 3.08. The number of hydrogen-bond acceptors (Lipinski definition) is 6. The van der Waals surface area contributed by atoms with Gasteiger partial charge in [0.05, 0.1) is 21.9 Å². The van der Waals surface area contributed by atoms with Crippen molar-refractivity contribution in [3.8, 4) is 5.75 Å². The van der Waals surface area contributed by atoms with Gasteiger partial charge < -0.3 is 9.84 Å². The summed E-state index contributed by atoms with van der Waals surface area (Å²) < 4.78 is 22.8. The molecule has 1 saturated carbocycles. The van der Waals surface area contributed by atoms with E-state index in [-0.39, 0.29) is 40.6 Å². The van der Waals surface area contributed by atoms with E-state index in [1.54, 1.807) is 6.07 Å². The Balaban J connectivity index is 2.15. The molecule has 1 N–H and O–H groups in total. The summed E-state index contributed by atoms with van der Waals surface area (Å²) in [6, 6.07) is 3.03. The first-order valence-corrected chi connectivity index (χ1v) is 11.6. The van der Waals surface area contributed by atoms with Crippen molar-refractivity contribution in [2.45, 2.75) is 39.0 Å². The van der Waals surface area contributed by atoms with Crippen molar-refractivity contribution in [2.75, 3.05) is 18.6 Å². The Kier molecular flexibility index (Phi) is 6.15. The van der Waals surface area contributed by atoms with Crippen LogP contribution in [0.3, 0.4) is 0 Å². The van der Waals surface area contributed by atoms with Gasteiger partial charge in [-0.05, 0) is 30.9 Å². The number of methoxy groups -OCH3 is 1. The summed E-state index contributed by atoms with van der Waals surface area (Å²) in [6.45, 7) is 1.82. The Morgan fingerprint density at radius 3 is 2.36 bits per heavy atom. The van der Waals surface area contributed by atoms with Crippen LogP contribution in [0.25, 0.3) is 5.76 Å². The summed E-state index contributed by atoms with van der Waals surface area (Å²) in [5.74, 6) is -0.00484. The van der Waals surface area contributed by atoms with Crippen LogP contribution in [-0.4, -0.2) is 39.5 Å². The number of Topliss-reactive ketones (excluding diaryl/α,β-unsaturated/α-hetero) is 2. The predicted octanol–water partition coefficient (Wildman–Crippen LogP) is 4.47. The maximum atomic E-state index is 13.1. The molecule has 1 aliphatic carbocycles. The highest BCUT2D eigenvalue weighted by atomic mass is 35.5. The first-order chi connectivity index (χ1) is 13.3. The highest BCUT2D eigenvalue weighted by Crippen LogP contribution is 2.42. The summed E-state index contributed by atoms with van der Waals surface area (Å²) in [4.78, 5) is 24.7. The molecule has 6 nitrogen and oxygen atoms in total. The average molecular weight is 426 g/mol. The number of ketones is 2. The van der Waals surface area contributed by atoms with E-state index in [0.29, 0.717) is 17.3 Å². The van der Waals surface area contributed by atoms with Gasteiger partial charge in [0.1, 0.15) is 22.8 Å². The number of aliphatic hydroxyl groups is 1. The number of carbonyl (C=O) groups excluding carboxylic acids is 2. The molecule has 1 aliphatic heterocycles. The molecule has 28 heavy (non-hydrogen) atoms. The average Bonchev–Trinajstić information content (AvgIpc) is 2.62. The molecule has 2 fully saturated rings. The topological polar surface area (TPSA) is 93.0 Å². The normalized spacial score (nSPS) is 22.1. The second-order valence-corrected chi connectivity index (χ2v) is 10.3. The number of allylic oxidation sites excluding steroid dienone is 1. The lowest BCUT2D eigenvalue weighted by atomic mass is 9.83. The van der Waals surface area contributed by atoms with Crippen LogP contribution in [0.15, 0.2) is 22.1 Å². The molecule has 152 valence electrons. The lowest BCUT2D eigenvalue weighted by molar-refractivity contribution is -0.125. The van der Waals surface area contributed by atoms with E-state index >= 15 is 0 Å². The molecule has 1 aromatic rings. The van der Waals surface area contributed by atoms with Crippen molar-refractivity contribution < 1.29 is 23.6 Å².